The van der Waals surface area contributed by atoms with Crippen molar-refractivity contribution in [1.82, 2.24) is 15.1 Å². The van der Waals surface area contributed by atoms with E-state index in [0.717, 1.165) is 5.56 Å². The zero-order valence-corrected chi connectivity index (χ0v) is 22.2. The predicted octanol–water partition coefficient (Wildman–Crippen LogP) is 3.67. The topological polar surface area (TPSA) is 110 Å². The Morgan fingerprint density at radius 3 is 2.33 bits per heavy atom. The Hall–Kier alpha value is -4.99. The Labute approximate surface area is 226 Å². The zero-order chi connectivity index (χ0) is 27.9. The number of hydrogen-bond donors (Lipinski definition) is 1. The Morgan fingerprint density at radius 1 is 0.974 bits per heavy atom. The summed E-state index contributed by atoms with van der Waals surface area (Å²) in [6, 6.07) is 22.8. The molecule has 3 aromatic carbocycles. The fourth-order valence-corrected chi connectivity index (χ4v) is 4.23. The number of methoxy groups -OCH3 is 1. The number of likely N-dealkylation sites (N-methyl/N-ethyl adjacent to an activating group) is 1. The molecular formula is C29H30N6O4. The van der Waals surface area contributed by atoms with Crippen molar-refractivity contribution in [2.24, 2.45) is 0 Å². The molecule has 0 spiro atoms. The lowest BCUT2D eigenvalue weighted by molar-refractivity contribution is -0.125. The molecular weight excluding hydrogens is 496 g/mol. The van der Waals surface area contributed by atoms with Crippen LogP contribution in [0.3, 0.4) is 0 Å². The third-order valence-corrected chi connectivity index (χ3v) is 6.15. The van der Waals surface area contributed by atoms with E-state index in [1.807, 2.05) is 36.4 Å². The van der Waals surface area contributed by atoms with Gasteiger partial charge in [-0.15, -0.1) is 5.10 Å². The van der Waals surface area contributed by atoms with E-state index < -0.39 is 6.04 Å². The third kappa shape index (κ3) is 6.48. The molecule has 3 amide bonds. The van der Waals surface area contributed by atoms with Gasteiger partial charge in [-0.05, 0) is 47.2 Å². The number of rotatable bonds is 9. The minimum Gasteiger partial charge on any atom is -0.497 e. The smallest absolute Gasteiger partial charge is 0.252 e. The first-order valence-corrected chi connectivity index (χ1v) is 12.3. The van der Waals surface area contributed by atoms with Crippen molar-refractivity contribution in [2.45, 2.75) is 26.3 Å². The van der Waals surface area contributed by atoms with Crippen LogP contribution in [0.2, 0.25) is 0 Å². The molecule has 0 aliphatic rings. The maximum atomic E-state index is 13.9. The van der Waals surface area contributed by atoms with Gasteiger partial charge in [-0.3, -0.25) is 14.4 Å². The van der Waals surface area contributed by atoms with Crippen LogP contribution in [0.4, 0.5) is 11.4 Å². The average molecular weight is 527 g/mol. The fraction of sp³-hybridized carbons (Fsp3) is 0.207. The molecule has 4 aromatic rings. The Kier molecular flexibility index (Phi) is 8.35. The van der Waals surface area contributed by atoms with E-state index in [2.05, 4.69) is 15.6 Å². The average Bonchev–Trinajstić information content (AvgIpc) is 3.42. The van der Waals surface area contributed by atoms with Gasteiger partial charge in [0, 0.05) is 44.3 Å². The molecule has 4 rings (SSSR count). The van der Waals surface area contributed by atoms with E-state index in [0.29, 0.717) is 28.4 Å². The molecule has 1 heterocycles. The van der Waals surface area contributed by atoms with Crippen LogP contribution in [0.25, 0.3) is 11.3 Å². The second kappa shape index (κ2) is 12.0. The largest absolute Gasteiger partial charge is 0.497 e. The lowest BCUT2D eigenvalue weighted by atomic mass is 10.0. The van der Waals surface area contributed by atoms with Gasteiger partial charge in [-0.25, -0.2) is 5.01 Å². The van der Waals surface area contributed by atoms with Gasteiger partial charge in [0.25, 0.3) is 5.91 Å². The van der Waals surface area contributed by atoms with Crippen LogP contribution < -0.4 is 20.0 Å². The van der Waals surface area contributed by atoms with Crippen molar-refractivity contribution in [1.29, 1.82) is 0 Å². The van der Waals surface area contributed by atoms with Crippen LogP contribution in [-0.2, 0) is 20.8 Å². The first-order valence-electron chi connectivity index (χ1n) is 12.3. The lowest BCUT2D eigenvalue weighted by Gasteiger charge is -2.32. The summed E-state index contributed by atoms with van der Waals surface area (Å²) in [6.45, 7) is 2.82. The summed E-state index contributed by atoms with van der Waals surface area (Å²) < 4.78 is 5.23. The molecule has 10 nitrogen and oxygen atoms in total. The van der Waals surface area contributed by atoms with E-state index in [-0.39, 0.29) is 24.1 Å². The first-order chi connectivity index (χ1) is 18.8. The van der Waals surface area contributed by atoms with Gasteiger partial charge in [0.1, 0.15) is 17.5 Å². The fourth-order valence-electron chi connectivity index (χ4n) is 4.23. The highest BCUT2D eigenvalue weighted by atomic mass is 16.5. The standard InChI is InChI=1S/C29H30N6O4/c1-20(36)30-24-12-8-11-23(18-24)27-19-34(32-31-27)35(21(2)37)28(17-22-9-6-5-7-10-22)29(38)33(3)25-13-15-26(39-4)16-14-25/h5-16,18-19,28H,17H2,1-4H3,(H,30,36)/t28-/m0/s1. The molecule has 0 aliphatic carbocycles. The monoisotopic (exact) mass is 526 g/mol. The number of carbonyl (C=O) groups excluding carboxylic acids is 3. The van der Waals surface area contributed by atoms with Crippen molar-refractivity contribution in [2.75, 3.05) is 29.4 Å². The molecule has 0 saturated carbocycles. The lowest BCUT2D eigenvalue weighted by Crippen LogP contribution is -2.56. The quantitative estimate of drug-likeness (QED) is 0.356. The maximum Gasteiger partial charge on any atom is 0.252 e. The molecule has 200 valence electrons. The van der Waals surface area contributed by atoms with Gasteiger partial charge < -0.3 is 15.0 Å². The third-order valence-electron chi connectivity index (χ3n) is 6.15. The molecule has 0 bridgehead atoms. The van der Waals surface area contributed by atoms with E-state index in [1.165, 1.54) is 28.5 Å². The van der Waals surface area contributed by atoms with Crippen LogP contribution in [0.5, 0.6) is 5.75 Å². The highest BCUT2D eigenvalue weighted by molar-refractivity contribution is 6.02. The molecule has 0 saturated heterocycles. The maximum absolute atomic E-state index is 13.9. The molecule has 1 aromatic heterocycles. The van der Waals surface area contributed by atoms with Gasteiger partial charge >= 0.3 is 0 Å². The van der Waals surface area contributed by atoms with E-state index >= 15 is 0 Å². The summed E-state index contributed by atoms with van der Waals surface area (Å²) in [7, 11) is 3.24. The highest BCUT2D eigenvalue weighted by Crippen LogP contribution is 2.23. The van der Waals surface area contributed by atoms with Gasteiger partial charge in [-0.2, -0.15) is 4.79 Å². The molecule has 39 heavy (non-hydrogen) atoms. The van der Waals surface area contributed by atoms with Crippen molar-refractivity contribution < 1.29 is 19.1 Å². The number of amides is 3. The number of nitrogens with zero attached hydrogens (tertiary/aromatic N) is 5. The predicted molar refractivity (Wildman–Crippen MR) is 149 cm³/mol. The molecule has 1 atom stereocenters. The Bertz CT molecular complexity index is 1450. The molecule has 1 N–H and O–H groups in total. The van der Waals surface area contributed by atoms with Crippen LogP contribution in [0.1, 0.15) is 19.4 Å². The summed E-state index contributed by atoms with van der Waals surface area (Å²) in [5, 5.41) is 12.5. The van der Waals surface area contributed by atoms with E-state index in [9.17, 15) is 14.4 Å². The summed E-state index contributed by atoms with van der Waals surface area (Å²) in [4.78, 5) is 41.3. The van der Waals surface area contributed by atoms with Gasteiger partial charge in [0.2, 0.25) is 11.8 Å². The number of ether oxygens (including phenoxy) is 1. The number of nitrogens with one attached hydrogen (secondary N) is 1. The van der Waals surface area contributed by atoms with Gasteiger partial charge in [0.05, 0.1) is 13.3 Å². The second-order valence-electron chi connectivity index (χ2n) is 8.95. The SMILES string of the molecule is COc1ccc(N(C)C(=O)[C@H](Cc2ccccc2)N(C(C)=O)n2cc(-c3cccc(NC(C)=O)c3)nn2)cc1. The number of anilines is 2. The van der Waals surface area contributed by atoms with Crippen molar-refractivity contribution >= 4 is 29.1 Å². The second-order valence-corrected chi connectivity index (χ2v) is 8.95. The first kappa shape index (κ1) is 27.1. The van der Waals surface area contributed by atoms with E-state index in [1.54, 1.807) is 62.8 Å². The number of hydrogen-bond acceptors (Lipinski definition) is 6. The Morgan fingerprint density at radius 2 is 1.69 bits per heavy atom. The summed E-state index contributed by atoms with van der Waals surface area (Å²) >= 11 is 0. The van der Waals surface area contributed by atoms with Crippen LogP contribution in [0.15, 0.2) is 85.1 Å². The van der Waals surface area contributed by atoms with Crippen molar-refractivity contribution in [3.05, 3.63) is 90.6 Å². The van der Waals surface area contributed by atoms with Gasteiger partial charge in [0.15, 0.2) is 0 Å². The van der Waals surface area contributed by atoms with E-state index in [4.69, 9.17) is 4.74 Å². The van der Waals surface area contributed by atoms with Crippen LogP contribution >= 0.6 is 0 Å². The van der Waals surface area contributed by atoms with Crippen molar-refractivity contribution in [3.63, 3.8) is 0 Å². The molecule has 10 heteroatoms. The Balaban J connectivity index is 1.70. The summed E-state index contributed by atoms with van der Waals surface area (Å²) in [5.41, 5.74) is 3.31. The zero-order valence-electron chi connectivity index (χ0n) is 22.2. The summed E-state index contributed by atoms with van der Waals surface area (Å²) in [6.07, 6.45) is 1.85. The van der Waals surface area contributed by atoms with Crippen LogP contribution in [-0.4, -0.2) is 53.0 Å². The number of carbonyl (C=O) groups is 3. The molecule has 0 radical (unpaired) electrons. The number of benzene rings is 3. The minimum absolute atomic E-state index is 0.193. The molecule has 0 fully saturated rings. The molecule has 0 unspecified atom stereocenters. The number of aromatic nitrogens is 3. The molecule has 0 aliphatic heterocycles. The minimum atomic E-state index is -0.919. The highest BCUT2D eigenvalue weighted by Gasteiger charge is 2.33. The summed E-state index contributed by atoms with van der Waals surface area (Å²) in [5.74, 6) is -0.204. The van der Waals surface area contributed by atoms with Gasteiger partial charge in [-0.1, -0.05) is 42.5 Å². The van der Waals surface area contributed by atoms with Crippen molar-refractivity contribution in [3.8, 4) is 17.0 Å². The van der Waals surface area contributed by atoms with Crippen LogP contribution in [0, 0.1) is 0 Å². The normalized spacial score (nSPS) is 11.4.